The van der Waals surface area contributed by atoms with E-state index in [9.17, 15) is 4.79 Å². The van der Waals surface area contributed by atoms with Crippen molar-refractivity contribution in [2.45, 2.75) is 6.92 Å². The SMILES string of the molecule is Cc1nonc1C(=O)c1ccccc1. The molecule has 1 aromatic heterocycles. The first-order valence-electron chi connectivity index (χ1n) is 4.18. The molecule has 4 heteroatoms. The van der Waals surface area contributed by atoms with Crippen LogP contribution in [0.1, 0.15) is 21.7 Å². The number of aromatic nitrogens is 2. The average Bonchev–Trinajstić information content (AvgIpc) is 2.65. The third-order valence-electron chi connectivity index (χ3n) is 1.90. The summed E-state index contributed by atoms with van der Waals surface area (Å²) in [5, 5.41) is 7.11. The summed E-state index contributed by atoms with van der Waals surface area (Å²) >= 11 is 0. The van der Waals surface area contributed by atoms with E-state index >= 15 is 0 Å². The highest BCUT2D eigenvalue weighted by atomic mass is 16.6. The fourth-order valence-electron chi connectivity index (χ4n) is 1.16. The Hall–Kier alpha value is -1.97. The van der Waals surface area contributed by atoms with Gasteiger partial charge in [0.25, 0.3) is 0 Å². The van der Waals surface area contributed by atoms with Gasteiger partial charge < -0.3 is 0 Å². The molecule has 14 heavy (non-hydrogen) atoms. The number of nitrogens with zero attached hydrogens (tertiary/aromatic N) is 2. The summed E-state index contributed by atoms with van der Waals surface area (Å²) < 4.78 is 4.47. The maximum Gasteiger partial charge on any atom is 0.216 e. The van der Waals surface area contributed by atoms with Crippen molar-refractivity contribution >= 4 is 5.78 Å². The first kappa shape index (κ1) is 8.62. The van der Waals surface area contributed by atoms with Gasteiger partial charge in [0, 0.05) is 5.56 Å². The second-order valence-corrected chi connectivity index (χ2v) is 2.89. The highest BCUT2D eigenvalue weighted by Gasteiger charge is 2.16. The van der Waals surface area contributed by atoms with Crippen molar-refractivity contribution in [1.82, 2.24) is 10.3 Å². The molecular weight excluding hydrogens is 180 g/mol. The molecular formula is C10H8N2O2. The number of ketones is 1. The molecule has 0 radical (unpaired) electrons. The van der Waals surface area contributed by atoms with Crippen LogP contribution in [0.2, 0.25) is 0 Å². The Morgan fingerprint density at radius 3 is 2.50 bits per heavy atom. The van der Waals surface area contributed by atoms with E-state index < -0.39 is 0 Å². The predicted molar refractivity (Wildman–Crippen MR) is 48.9 cm³/mol. The van der Waals surface area contributed by atoms with Crippen LogP contribution in [0.25, 0.3) is 0 Å². The lowest BCUT2D eigenvalue weighted by Crippen LogP contribution is -2.03. The molecule has 0 amide bonds. The van der Waals surface area contributed by atoms with E-state index in [0.717, 1.165) is 0 Å². The van der Waals surface area contributed by atoms with Gasteiger partial charge in [0.1, 0.15) is 5.69 Å². The van der Waals surface area contributed by atoms with Crippen LogP contribution < -0.4 is 0 Å². The lowest BCUT2D eigenvalue weighted by molar-refractivity contribution is 0.102. The van der Waals surface area contributed by atoms with Gasteiger partial charge in [-0.05, 0) is 12.1 Å². The monoisotopic (exact) mass is 188 g/mol. The van der Waals surface area contributed by atoms with Crippen LogP contribution in [0.4, 0.5) is 0 Å². The van der Waals surface area contributed by atoms with E-state index in [1.807, 2.05) is 6.07 Å². The highest BCUT2D eigenvalue weighted by Crippen LogP contribution is 2.09. The van der Waals surface area contributed by atoms with Crippen molar-refractivity contribution in [1.29, 1.82) is 0 Å². The molecule has 1 heterocycles. The van der Waals surface area contributed by atoms with Crippen LogP contribution in [0.3, 0.4) is 0 Å². The lowest BCUT2D eigenvalue weighted by Gasteiger charge is -1.95. The Morgan fingerprint density at radius 2 is 1.93 bits per heavy atom. The van der Waals surface area contributed by atoms with Gasteiger partial charge in [-0.2, -0.15) is 0 Å². The van der Waals surface area contributed by atoms with E-state index in [-0.39, 0.29) is 11.5 Å². The van der Waals surface area contributed by atoms with Crippen molar-refractivity contribution in [3.8, 4) is 0 Å². The summed E-state index contributed by atoms with van der Waals surface area (Å²) in [6.07, 6.45) is 0. The molecule has 2 rings (SSSR count). The van der Waals surface area contributed by atoms with E-state index in [2.05, 4.69) is 14.9 Å². The van der Waals surface area contributed by atoms with Crippen LogP contribution >= 0.6 is 0 Å². The van der Waals surface area contributed by atoms with Gasteiger partial charge in [-0.1, -0.05) is 35.5 Å². The molecule has 0 aliphatic heterocycles. The zero-order chi connectivity index (χ0) is 9.97. The van der Waals surface area contributed by atoms with E-state index in [0.29, 0.717) is 11.3 Å². The van der Waals surface area contributed by atoms with E-state index in [4.69, 9.17) is 0 Å². The van der Waals surface area contributed by atoms with E-state index in [1.54, 1.807) is 31.2 Å². The maximum atomic E-state index is 11.8. The summed E-state index contributed by atoms with van der Waals surface area (Å²) in [6, 6.07) is 8.92. The number of rotatable bonds is 2. The van der Waals surface area contributed by atoms with Crippen molar-refractivity contribution in [3.63, 3.8) is 0 Å². The van der Waals surface area contributed by atoms with Gasteiger partial charge >= 0.3 is 0 Å². The van der Waals surface area contributed by atoms with Crippen molar-refractivity contribution in [2.75, 3.05) is 0 Å². The Balaban J connectivity index is 2.39. The van der Waals surface area contributed by atoms with Gasteiger partial charge in [0.2, 0.25) is 5.78 Å². The second kappa shape index (κ2) is 3.41. The van der Waals surface area contributed by atoms with Gasteiger partial charge in [0.15, 0.2) is 5.69 Å². The molecule has 0 saturated heterocycles. The molecule has 2 aromatic rings. The molecule has 0 aliphatic carbocycles. The zero-order valence-corrected chi connectivity index (χ0v) is 7.60. The molecule has 0 saturated carbocycles. The third kappa shape index (κ3) is 1.42. The second-order valence-electron chi connectivity index (χ2n) is 2.89. The Morgan fingerprint density at radius 1 is 1.21 bits per heavy atom. The molecule has 0 N–H and O–H groups in total. The molecule has 0 aliphatic rings. The van der Waals surface area contributed by atoms with Crippen molar-refractivity contribution in [3.05, 3.63) is 47.3 Å². The number of carbonyl (C=O) groups is 1. The fourth-order valence-corrected chi connectivity index (χ4v) is 1.16. The molecule has 0 atom stereocenters. The normalized spacial score (nSPS) is 10.1. The average molecular weight is 188 g/mol. The molecule has 70 valence electrons. The number of hydrogen-bond donors (Lipinski definition) is 0. The number of aryl methyl sites for hydroxylation is 1. The van der Waals surface area contributed by atoms with Crippen LogP contribution in [-0.2, 0) is 0 Å². The number of carbonyl (C=O) groups excluding carboxylic acids is 1. The topological polar surface area (TPSA) is 56.0 Å². The Labute approximate surface area is 80.5 Å². The molecule has 0 bridgehead atoms. The molecule has 0 unspecified atom stereocenters. The standard InChI is InChI=1S/C10H8N2O2/c1-7-9(12-14-11-7)10(13)8-5-3-2-4-6-8/h2-6H,1H3. The van der Waals surface area contributed by atoms with Gasteiger partial charge in [-0.25, -0.2) is 4.63 Å². The quantitative estimate of drug-likeness (QED) is 0.672. The predicted octanol–water partition coefficient (Wildman–Crippen LogP) is 1.61. The zero-order valence-electron chi connectivity index (χ0n) is 7.60. The minimum Gasteiger partial charge on any atom is -0.287 e. The molecule has 1 aromatic carbocycles. The van der Waals surface area contributed by atoms with Crippen LogP contribution in [-0.4, -0.2) is 16.1 Å². The summed E-state index contributed by atoms with van der Waals surface area (Å²) in [4.78, 5) is 11.8. The number of hydrogen-bond acceptors (Lipinski definition) is 4. The van der Waals surface area contributed by atoms with Crippen LogP contribution in [0.15, 0.2) is 35.0 Å². The highest BCUT2D eigenvalue weighted by molar-refractivity contribution is 6.08. The lowest BCUT2D eigenvalue weighted by atomic mass is 10.1. The minimum absolute atomic E-state index is 0.163. The molecule has 0 spiro atoms. The summed E-state index contributed by atoms with van der Waals surface area (Å²) in [5.74, 6) is -0.163. The van der Waals surface area contributed by atoms with Crippen molar-refractivity contribution in [2.24, 2.45) is 0 Å². The molecule has 0 fully saturated rings. The summed E-state index contributed by atoms with van der Waals surface area (Å²) in [6.45, 7) is 1.69. The Kier molecular flexibility index (Phi) is 2.10. The minimum atomic E-state index is -0.163. The maximum absolute atomic E-state index is 11.8. The summed E-state index contributed by atoms with van der Waals surface area (Å²) in [5.41, 5.74) is 1.38. The summed E-state index contributed by atoms with van der Waals surface area (Å²) in [7, 11) is 0. The molecule has 4 nitrogen and oxygen atoms in total. The van der Waals surface area contributed by atoms with Gasteiger partial charge in [-0.15, -0.1) is 0 Å². The van der Waals surface area contributed by atoms with Crippen LogP contribution in [0.5, 0.6) is 0 Å². The first-order valence-corrected chi connectivity index (χ1v) is 4.18. The first-order chi connectivity index (χ1) is 6.79. The van der Waals surface area contributed by atoms with Gasteiger partial charge in [0.05, 0.1) is 0 Å². The van der Waals surface area contributed by atoms with Crippen LogP contribution in [0, 0.1) is 6.92 Å². The van der Waals surface area contributed by atoms with E-state index in [1.165, 1.54) is 0 Å². The third-order valence-corrected chi connectivity index (χ3v) is 1.90. The van der Waals surface area contributed by atoms with Crippen molar-refractivity contribution < 1.29 is 9.42 Å². The largest absolute Gasteiger partial charge is 0.287 e. The fraction of sp³-hybridized carbons (Fsp3) is 0.100. The smallest absolute Gasteiger partial charge is 0.216 e. The van der Waals surface area contributed by atoms with Gasteiger partial charge in [-0.3, -0.25) is 4.79 Å². The number of benzene rings is 1. The Bertz CT molecular complexity index is 448.